The van der Waals surface area contributed by atoms with Gasteiger partial charge in [0.1, 0.15) is 5.75 Å². The van der Waals surface area contributed by atoms with Gasteiger partial charge in [0.2, 0.25) is 10.0 Å². The molecule has 0 spiro atoms. The van der Waals surface area contributed by atoms with Gasteiger partial charge in [-0.3, -0.25) is 4.79 Å². The lowest BCUT2D eigenvalue weighted by Gasteiger charge is -2.39. The summed E-state index contributed by atoms with van der Waals surface area (Å²) in [6.07, 6.45) is 1.97. The molecule has 1 saturated heterocycles. The summed E-state index contributed by atoms with van der Waals surface area (Å²) < 4.78 is 31.5. The van der Waals surface area contributed by atoms with Crippen molar-refractivity contribution in [2.75, 3.05) is 20.2 Å². The number of carbonyl (C=O) groups excluding carboxylic acids is 1. The summed E-state index contributed by atoms with van der Waals surface area (Å²) in [5.74, 6) is -0.560. The zero-order chi connectivity index (χ0) is 20.9. The first-order valence-electron chi connectivity index (χ1n) is 9.64. The number of sulfonamides is 1. The van der Waals surface area contributed by atoms with Gasteiger partial charge in [-0.2, -0.15) is 0 Å². The van der Waals surface area contributed by atoms with Crippen molar-refractivity contribution >= 4 is 15.9 Å². The van der Waals surface area contributed by atoms with Gasteiger partial charge < -0.3 is 15.4 Å². The molecule has 4 N–H and O–H groups in total. The maximum absolute atomic E-state index is 13.3. The van der Waals surface area contributed by atoms with E-state index in [-0.39, 0.29) is 11.5 Å². The Morgan fingerprint density at radius 1 is 1.10 bits per heavy atom. The monoisotopic (exact) mass is 417 g/mol. The number of primary sulfonamides is 1. The van der Waals surface area contributed by atoms with Crippen LogP contribution in [0.15, 0.2) is 54.6 Å². The lowest BCUT2D eigenvalue weighted by Crippen LogP contribution is -2.59. The quantitative estimate of drug-likeness (QED) is 0.665. The minimum Gasteiger partial charge on any atom is -0.496 e. The van der Waals surface area contributed by atoms with Gasteiger partial charge in [0.25, 0.3) is 5.91 Å². The average Bonchev–Trinajstić information content (AvgIpc) is 3.01. The molecule has 29 heavy (non-hydrogen) atoms. The van der Waals surface area contributed by atoms with Crippen molar-refractivity contribution in [2.24, 2.45) is 11.1 Å². The highest BCUT2D eigenvalue weighted by molar-refractivity contribution is 7.90. The second-order valence-corrected chi connectivity index (χ2v) is 8.91. The number of carbonyl (C=O) groups is 1. The summed E-state index contributed by atoms with van der Waals surface area (Å²) in [5.41, 5.74) is 0.711. The van der Waals surface area contributed by atoms with E-state index >= 15 is 0 Å². The van der Waals surface area contributed by atoms with E-state index in [2.05, 4.69) is 10.6 Å². The van der Waals surface area contributed by atoms with E-state index in [1.165, 1.54) is 7.11 Å². The van der Waals surface area contributed by atoms with Crippen molar-refractivity contribution in [1.82, 2.24) is 10.6 Å². The molecule has 2 aromatic rings. The van der Waals surface area contributed by atoms with Crippen LogP contribution in [0.2, 0.25) is 0 Å². The normalized spacial score (nSPS) is 19.6. The van der Waals surface area contributed by atoms with Crippen LogP contribution < -0.4 is 20.5 Å². The maximum Gasteiger partial charge on any atom is 0.256 e. The first-order valence-corrected chi connectivity index (χ1v) is 11.2. The number of benzene rings is 2. The van der Waals surface area contributed by atoms with E-state index in [0.717, 1.165) is 13.0 Å². The fourth-order valence-electron chi connectivity index (χ4n) is 4.06. The largest absolute Gasteiger partial charge is 0.496 e. The Morgan fingerprint density at radius 2 is 1.79 bits per heavy atom. The second kappa shape index (κ2) is 8.94. The van der Waals surface area contributed by atoms with Crippen molar-refractivity contribution in [3.05, 3.63) is 65.7 Å². The number of ether oxygens (including phenoxy) is 1. The van der Waals surface area contributed by atoms with Gasteiger partial charge in [-0.25, -0.2) is 13.6 Å². The molecule has 156 valence electrons. The van der Waals surface area contributed by atoms with Gasteiger partial charge in [0.15, 0.2) is 4.87 Å². The van der Waals surface area contributed by atoms with Gasteiger partial charge in [0, 0.05) is 5.92 Å². The molecule has 2 atom stereocenters. The molecule has 0 bridgehead atoms. The molecule has 7 nitrogen and oxygen atoms in total. The SMILES string of the molecule is COc1ccccc1C(=O)NC(c1ccccc1)(C1CCCNCC1)S(N)(=O)=O. The predicted octanol–water partition coefficient (Wildman–Crippen LogP) is 1.96. The molecular formula is C21H27N3O4S. The third-order valence-electron chi connectivity index (χ3n) is 5.45. The van der Waals surface area contributed by atoms with Crippen LogP contribution in [0, 0.1) is 5.92 Å². The highest BCUT2D eigenvalue weighted by Gasteiger charge is 2.51. The molecular weight excluding hydrogens is 390 g/mol. The molecule has 2 unspecified atom stereocenters. The Bertz CT molecular complexity index is 941. The molecule has 3 rings (SSSR count). The average molecular weight is 418 g/mol. The van der Waals surface area contributed by atoms with E-state index in [4.69, 9.17) is 9.88 Å². The summed E-state index contributed by atoms with van der Waals surface area (Å²) in [5, 5.41) is 11.9. The van der Waals surface area contributed by atoms with Crippen LogP contribution in [0.5, 0.6) is 5.75 Å². The Labute approximate surface area is 171 Å². The van der Waals surface area contributed by atoms with Crippen molar-refractivity contribution in [1.29, 1.82) is 0 Å². The number of nitrogens with one attached hydrogen (secondary N) is 2. The summed E-state index contributed by atoms with van der Waals surface area (Å²) in [6.45, 7) is 1.45. The first kappa shape index (κ1) is 21.3. The Hall–Kier alpha value is -2.42. The molecule has 2 aromatic carbocycles. The second-order valence-electron chi connectivity index (χ2n) is 7.18. The molecule has 1 aliphatic rings. The van der Waals surface area contributed by atoms with Crippen LogP contribution in [0.25, 0.3) is 0 Å². The van der Waals surface area contributed by atoms with Crippen molar-refractivity contribution < 1.29 is 17.9 Å². The van der Waals surface area contributed by atoms with Crippen molar-refractivity contribution in [3.8, 4) is 5.75 Å². The van der Waals surface area contributed by atoms with Gasteiger partial charge in [-0.1, -0.05) is 42.5 Å². The lowest BCUT2D eigenvalue weighted by molar-refractivity contribution is 0.0894. The zero-order valence-electron chi connectivity index (χ0n) is 16.4. The van der Waals surface area contributed by atoms with E-state index in [0.29, 0.717) is 30.7 Å². The predicted molar refractivity (Wildman–Crippen MR) is 112 cm³/mol. The Kier molecular flexibility index (Phi) is 6.56. The Balaban J connectivity index is 2.14. The number of methoxy groups -OCH3 is 1. The number of nitrogens with two attached hydrogens (primary N) is 1. The topological polar surface area (TPSA) is 111 Å². The Morgan fingerprint density at radius 3 is 2.48 bits per heavy atom. The lowest BCUT2D eigenvalue weighted by atomic mass is 9.86. The van der Waals surface area contributed by atoms with Gasteiger partial charge >= 0.3 is 0 Å². The molecule has 1 fully saturated rings. The van der Waals surface area contributed by atoms with Crippen LogP contribution in [0.4, 0.5) is 0 Å². The number of para-hydroxylation sites is 1. The number of hydrogen-bond donors (Lipinski definition) is 3. The zero-order valence-corrected chi connectivity index (χ0v) is 17.2. The summed E-state index contributed by atoms with van der Waals surface area (Å²) >= 11 is 0. The summed E-state index contributed by atoms with van der Waals surface area (Å²) in [7, 11) is -2.75. The molecule has 8 heteroatoms. The van der Waals surface area contributed by atoms with Gasteiger partial charge in [-0.15, -0.1) is 0 Å². The number of hydrogen-bond acceptors (Lipinski definition) is 5. The van der Waals surface area contributed by atoms with E-state index in [1.54, 1.807) is 54.6 Å². The number of rotatable bonds is 6. The fraction of sp³-hybridized carbons (Fsp3) is 0.381. The molecule has 0 aliphatic carbocycles. The maximum atomic E-state index is 13.3. The molecule has 0 aromatic heterocycles. The number of amides is 1. The minimum atomic E-state index is -4.22. The molecule has 1 heterocycles. The van der Waals surface area contributed by atoms with E-state index in [1.807, 2.05) is 0 Å². The smallest absolute Gasteiger partial charge is 0.256 e. The standard InChI is InChI=1S/C21H27N3O4S/c1-28-19-12-6-5-11-18(19)20(25)24-21(29(22,26)27,16-8-3-2-4-9-16)17-10-7-14-23-15-13-17/h2-6,8-9,11-12,17,23H,7,10,13-15H2,1H3,(H,24,25)(H2,22,26,27). The third-order valence-corrected chi connectivity index (χ3v) is 7.02. The summed E-state index contributed by atoms with van der Waals surface area (Å²) in [4.78, 5) is 11.5. The van der Waals surface area contributed by atoms with Crippen LogP contribution in [0.1, 0.15) is 35.2 Å². The minimum absolute atomic E-state index is 0.255. The van der Waals surface area contributed by atoms with Crippen molar-refractivity contribution in [3.63, 3.8) is 0 Å². The highest BCUT2D eigenvalue weighted by Crippen LogP contribution is 2.40. The molecule has 0 radical (unpaired) electrons. The van der Waals surface area contributed by atoms with Gasteiger partial charge in [-0.05, 0) is 50.0 Å². The van der Waals surface area contributed by atoms with Crippen molar-refractivity contribution in [2.45, 2.75) is 24.1 Å². The fourth-order valence-corrected chi connectivity index (χ4v) is 5.46. The first-order chi connectivity index (χ1) is 13.9. The van der Waals surface area contributed by atoms with Crippen LogP contribution in [0.3, 0.4) is 0 Å². The summed E-state index contributed by atoms with van der Waals surface area (Å²) in [6, 6.07) is 15.4. The van der Waals surface area contributed by atoms with Crippen LogP contribution >= 0.6 is 0 Å². The molecule has 1 aliphatic heterocycles. The van der Waals surface area contributed by atoms with Gasteiger partial charge in [0.05, 0.1) is 12.7 Å². The van der Waals surface area contributed by atoms with E-state index < -0.39 is 20.8 Å². The van der Waals surface area contributed by atoms with Crippen LogP contribution in [-0.2, 0) is 14.9 Å². The van der Waals surface area contributed by atoms with E-state index in [9.17, 15) is 13.2 Å². The molecule has 0 saturated carbocycles. The third kappa shape index (κ3) is 4.29. The highest BCUT2D eigenvalue weighted by atomic mass is 32.2. The molecule has 1 amide bonds. The van der Waals surface area contributed by atoms with Crippen LogP contribution in [-0.4, -0.2) is 34.5 Å².